The van der Waals surface area contributed by atoms with Gasteiger partial charge in [-0.1, -0.05) is 0 Å². The third kappa shape index (κ3) is 5.17. The molecular weight excluding hydrogens is 220 g/mol. The molecule has 0 aliphatic heterocycles. The van der Waals surface area contributed by atoms with Crippen molar-refractivity contribution < 1.29 is 9.90 Å². The van der Waals surface area contributed by atoms with Crippen LogP contribution in [0.3, 0.4) is 0 Å². The smallest absolute Gasteiger partial charge is 0.316 e. The van der Waals surface area contributed by atoms with E-state index < -0.39 is 0 Å². The molecule has 1 rings (SSSR count). The Hall–Kier alpha value is -1.82. The lowest BCUT2D eigenvalue weighted by Crippen LogP contribution is -2.38. The second-order valence-corrected chi connectivity index (χ2v) is 3.81. The number of nitrogens with one attached hydrogen (secondary N) is 2. The molecule has 0 saturated heterocycles. The van der Waals surface area contributed by atoms with Gasteiger partial charge in [-0.25, -0.2) is 4.79 Å². The number of aromatic nitrogens is 1. The minimum atomic E-state index is -0.102. The molecule has 0 aliphatic rings. The molecule has 1 aromatic heterocycles. The average molecular weight is 238 g/mol. The number of amides is 2. The van der Waals surface area contributed by atoms with Crippen molar-refractivity contribution in [1.29, 1.82) is 0 Å². The lowest BCUT2D eigenvalue weighted by Gasteiger charge is -2.12. The largest absolute Gasteiger partial charge is 0.506 e. The number of pyridine rings is 1. The normalized spacial score (nSPS) is 10.0. The maximum absolute atomic E-state index is 11.2. The first-order valence-corrected chi connectivity index (χ1v) is 5.39. The number of aromatic hydroxyl groups is 1. The molecule has 0 unspecified atom stereocenters. The van der Waals surface area contributed by atoms with Crippen molar-refractivity contribution in [1.82, 2.24) is 20.5 Å². The Morgan fingerprint density at radius 1 is 1.41 bits per heavy atom. The summed E-state index contributed by atoms with van der Waals surface area (Å²) in [5.74, 6) is 0.159. The van der Waals surface area contributed by atoms with E-state index in [1.54, 1.807) is 26.2 Å². The highest BCUT2D eigenvalue weighted by molar-refractivity contribution is 5.73. The molecule has 0 atom stereocenters. The molecule has 0 aliphatic carbocycles. The van der Waals surface area contributed by atoms with Gasteiger partial charge in [0.05, 0.1) is 11.9 Å². The first-order chi connectivity index (χ1) is 8.09. The van der Waals surface area contributed by atoms with Crippen LogP contribution in [-0.4, -0.2) is 48.2 Å². The number of nitrogens with zero attached hydrogens (tertiary/aromatic N) is 2. The van der Waals surface area contributed by atoms with E-state index in [9.17, 15) is 4.79 Å². The summed E-state index contributed by atoms with van der Waals surface area (Å²) >= 11 is 0. The summed E-state index contributed by atoms with van der Waals surface area (Å²) in [7, 11) is 3.40. The maximum atomic E-state index is 11.2. The molecule has 0 aromatic carbocycles. The Morgan fingerprint density at radius 2 is 2.18 bits per heavy atom. The second kappa shape index (κ2) is 6.70. The summed E-state index contributed by atoms with van der Waals surface area (Å²) in [5, 5.41) is 14.9. The van der Waals surface area contributed by atoms with Crippen LogP contribution in [0.4, 0.5) is 4.79 Å². The maximum Gasteiger partial charge on any atom is 0.316 e. The molecule has 2 amide bonds. The number of hydrogen-bond donors (Lipinski definition) is 3. The zero-order chi connectivity index (χ0) is 12.7. The molecule has 0 fully saturated rings. The van der Waals surface area contributed by atoms with E-state index in [0.29, 0.717) is 19.6 Å². The second-order valence-electron chi connectivity index (χ2n) is 3.81. The van der Waals surface area contributed by atoms with Gasteiger partial charge in [0.1, 0.15) is 5.75 Å². The minimum Gasteiger partial charge on any atom is -0.506 e. The van der Waals surface area contributed by atoms with E-state index in [4.69, 9.17) is 5.11 Å². The van der Waals surface area contributed by atoms with Gasteiger partial charge in [-0.15, -0.1) is 0 Å². The van der Waals surface area contributed by atoms with Gasteiger partial charge in [0.25, 0.3) is 0 Å². The lowest BCUT2D eigenvalue weighted by molar-refractivity contribution is 0.217. The molecule has 1 heterocycles. The third-order valence-corrected chi connectivity index (χ3v) is 2.10. The first kappa shape index (κ1) is 13.2. The number of hydrogen-bond acceptors (Lipinski definition) is 4. The molecule has 94 valence electrons. The molecule has 0 bridgehead atoms. The first-order valence-electron chi connectivity index (χ1n) is 5.39. The molecule has 0 spiro atoms. The van der Waals surface area contributed by atoms with Crippen LogP contribution >= 0.6 is 0 Å². The van der Waals surface area contributed by atoms with Crippen molar-refractivity contribution in [3.8, 4) is 5.75 Å². The van der Waals surface area contributed by atoms with Crippen molar-refractivity contribution in [3.05, 3.63) is 24.0 Å². The van der Waals surface area contributed by atoms with Gasteiger partial charge in [0.15, 0.2) is 0 Å². The Bertz CT molecular complexity index is 351. The van der Waals surface area contributed by atoms with Crippen LogP contribution in [-0.2, 0) is 6.54 Å². The Balaban J connectivity index is 2.12. The SMILES string of the molecule is CN(C)C(=O)NCCNCc1ccc(O)cn1. The predicted molar refractivity (Wildman–Crippen MR) is 64.7 cm³/mol. The van der Waals surface area contributed by atoms with Crippen molar-refractivity contribution >= 4 is 6.03 Å². The number of rotatable bonds is 5. The number of carbonyl (C=O) groups is 1. The highest BCUT2D eigenvalue weighted by atomic mass is 16.3. The van der Waals surface area contributed by atoms with Gasteiger partial charge in [0.2, 0.25) is 0 Å². The summed E-state index contributed by atoms with van der Waals surface area (Å²) in [5.41, 5.74) is 0.849. The quantitative estimate of drug-likeness (QED) is 0.638. The molecule has 3 N–H and O–H groups in total. The van der Waals surface area contributed by atoms with Crippen molar-refractivity contribution in [2.24, 2.45) is 0 Å². The van der Waals surface area contributed by atoms with Crippen LogP contribution in [0.1, 0.15) is 5.69 Å². The van der Waals surface area contributed by atoms with E-state index in [1.165, 1.54) is 11.1 Å². The van der Waals surface area contributed by atoms with Crippen LogP contribution in [0.2, 0.25) is 0 Å². The van der Waals surface area contributed by atoms with Gasteiger partial charge in [-0.3, -0.25) is 4.98 Å². The van der Waals surface area contributed by atoms with Gasteiger partial charge in [0, 0.05) is 33.7 Å². The summed E-state index contributed by atoms with van der Waals surface area (Å²) in [6.45, 7) is 1.84. The number of carbonyl (C=O) groups excluding carboxylic acids is 1. The Labute approximate surface area is 101 Å². The van der Waals surface area contributed by atoms with E-state index >= 15 is 0 Å². The zero-order valence-corrected chi connectivity index (χ0v) is 10.1. The molecule has 0 radical (unpaired) electrons. The highest BCUT2D eigenvalue weighted by Crippen LogP contribution is 2.05. The lowest BCUT2D eigenvalue weighted by atomic mass is 10.3. The predicted octanol–water partition coefficient (Wildman–Crippen LogP) is 0.148. The molecule has 6 heteroatoms. The topological polar surface area (TPSA) is 77.5 Å². The van der Waals surface area contributed by atoms with E-state index in [0.717, 1.165) is 5.69 Å². The molecule has 0 saturated carbocycles. The van der Waals surface area contributed by atoms with E-state index in [2.05, 4.69) is 15.6 Å². The minimum absolute atomic E-state index is 0.102. The van der Waals surface area contributed by atoms with Gasteiger partial charge in [-0.05, 0) is 12.1 Å². The summed E-state index contributed by atoms with van der Waals surface area (Å²) < 4.78 is 0. The van der Waals surface area contributed by atoms with Gasteiger partial charge < -0.3 is 20.6 Å². The monoisotopic (exact) mass is 238 g/mol. The summed E-state index contributed by atoms with van der Waals surface area (Å²) in [4.78, 5) is 16.7. The fraction of sp³-hybridized carbons (Fsp3) is 0.455. The fourth-order valence-corrected chi connectivity index (χ4v) is 1.15. The summed E-state index contributed by atoms with van der Waals surface area (Å²) in [6, 6.07) is 3.24. The molecule has 1 aromatic rings. The van der Waals surface area contributed by atoms with Crippen LogP contribution in [0.25, 0.3) is 0 Å². The van der Waals surface area contributed by atoms with Crippen LogP contribution in [0.5, 0.6) is 5.75 Å². The molecule has 17 heavy (non-hydrogen) atoms. The van der Waals surface area contributed by atoms with Gasteiger partial charge >= 0.3 is 6.03 Å². The average Bonchev–Trinajstić information content (AvgIpc) is 2.30. The zero-order valence-electron chi connectivity index (χ0n) is 10.1. The van der Waals surface area contributed by atoms with E-state index in [1.807, 2.05) is 0 Å². The highest BCUT2D eigenvalue weighted by Gasteiger charge is 2.00. The molecule has 6 nitrogen and oxygen atoms in total. The summed E-state index contributed by atoms with van der Waals surface area (Å²) in [6.07, 6.45) is 1.41. The standard InChI is InChI=1S/C11H18N4O2/c1-15(2)11(17)13-6-5-12-7-9-3-4-10(16)8-14-9/h3-4,8,12,16H,5-7H2,1-2H3,(H,13,17). The van der Waals surface area contributed by atoms with Crippen LogP contribution < -0.4 is 10.6 Å². The van der Waals surface area contributed by atoms with Crippen LogP contribution in [0, 0.1) is 0 Å². The number of urea groups is 1. The third-order valence-electron chi connectivity index (χ3n) is 2.10. The van der Waals surface area contributed by atoms with Gasteiger partial charge in [-0.2, -0.15) is 0 Å². The Morgan fingerprint density at radius 3 is 2.76 bits per heavy atom. The van der Waals surface area contributed by atoms with Crippen molar-refractivity contribution in [2.75, 3.05) is 27.2 Å². The fourth-order valence-electron chi connectivity index (χ4n) is 1.15. The van der Waals surface area contributed by atoms with E-state index in [-0.39, 0.29) is 11.8 Å². The Kier molecular flexibility index (Phi) is 5.22. The molecular formula is C11H18N4O2. The van der Waals surface area contributed by atoms with Crippen molar-refractivity contribution in [2.45, 2.75) is 6.54 Å². The van der Waals surface area contributed by atoms with Crippen LogP contribution in [0.15, 0.2) is 18.3 Å². The van der Waals surface area contributed by atoms with Crippen molar-refractivity contribution in [3.63, 3.8) is 0 Å².